The van der Waals surface area contributed by atoms with Gasteiger partial charge in [-0.2, -0.15) is 0 Å². The molecule has 0 amide bonds. The summed E-state index contributed by atoms with van der Waals surface area (Å²) in [5, 5.41) is 2.42. The van der Waals surface area contributed by atoms with Crippen LogP contribution in [-0.4, -0.2) is 7.11 Å². The Morgan fingerprint density at radius 3 is 2.92 bits per heavy atom. The fourth-order valence-corrected chi connectivity index (χ4v) is 2.46. The highest BCUT2D eigenvalue weighted by Crippen LogP contribution is 2.38. The number of thiophene rings is 1. The van der Waals surface area contributed by atoms with Crippen molar-refractivity contribution in [2.24, 2.45) is 0 Å². The van der Waals surface area contributed by atoms with Gasteiger partial charge >= 0.3 is 0 Å². The molecule has 0 fully saturated rings. The highest BCUT2D eigenvalue weighted by Gasteiger charge is 2.08. The van der Waals surface area contributed by atoms with Gasteiger partial charge in [0.05, 0.1) is 16.8 Å². The van der Waals surface area contributed by atoms with Crippen LogP contribution < -0.4 is 10.5 Å². The number of fused-ring (bicyclic) bond motifs is 1. The van der Waals surface area contributed by atoms with E-state index >= 15 is 0 Å². The first-order chi connectivity index (χ1) is 6.22. The van der Waals surface area contributed by atoms with E-state index in [0.717, 1.165) is 20.8 Å². The van der Waals surface area contributed by atoms with E-state index < -0.39 is 0 Å². The number of nitrogens with two attached hydrogens (primary N) is 1. The SMILES string of the molecule is COc1ccc(Cl)c2cc(N)sc12. The molecule has 2 nitrogen and oxygen atoms in total. The molecule has 2 rings (SSSR count). The van der Waals surface area contributed by atoms with Gasteiger partial charge in [-0.15, -0.1) is 11.3 Å². The van der Waals surface area contributed by atoms with Gasteiger partial charge in [0.1, 0.15) is 5.75 Å². The van der Waals surface area contributed by atoms with Gasteiger partial charge in [-0.1, -0.05) is 11.6 Å². The van der Waals surface area contributed by atoms with Gasteiger partial charge in [0, 0.05) is 10.4 Å². The average molecular weight is 214 g/mol. The van der Waals surface area contributed by atoms with Crippen molar-refractivity contribution in [1.29, 1.82) is 0 Å². The lowest BCUT2D eigenvalue weighted by molar-refractivity contribution is 0.420. The molecule has 13 heavy (non-hydrogen) atoms. The summed E-state index contributed by atoms with van der Waals surface area (Å²) >= 11 is 7.48. The van der Waals surface area contributed by atoms with Crippen molar-refractivity contribution >= 4 is 38.0 Å². The fraction of sp³-hybridized carbons (Fsp3) is 0.111. The van der Waals surface area contributed by atoms with Gasteiger partial charge in [-0.25, -0.2) is 0 Å². The lowest BCUT2D eigenvalue weighted by Gasteiger charge is -2.01. The van der Waals surface area contributed by atoms with E-state index in [1.54, 1.807) is 7.11 Å². The molecule has 4 heteroatoms. The van der Waals surface area contributed by atoms with E-state index in [9.17, 15) is 0 Å². The third kappa shape index (κ3) is 1.34. The molecule has 1 aromatic carbocycles. The summed E-state index contributed by atoms with van der Waals surface area (Å²) in [6.07, 6.45) is 0. The molecular formula is C9H8ClNOS. The van der Waals surface area contributed by atoms with E-state index in [-0.39, 0.29) is 0 Å². The maximum Gasteiger partial charge on any atom is 0.136 e. The van der Waals surface area contributed by atoms with Crippen LogP contribution in [0.2, 0.25) is 5.02 Å². The second kappa shape index (κ2) is 3.09. The van der Waals surface area contributed by atoms with Gasteiger partial charge in [0.25, 0.3) is 0 Å². The second-order valence-corrected chi connectivity index (χ2v) is 4.13. The Labute approximate surface area is 84.9 Å². The number of rotatable bonds is 1. The van der Waals surface area contributed by atoms with Crippen LogP contribution in [0, 0.1) is 0 Å². The summed E-state index contributed by atoms with van der Waals surface area (Å²) < 4.78 is 6.20. The average Bonchev–Trinajstić information content (AvgIpc) is 2.48. The zero-order valence-corrected chi connectivity index (χ0v) is 8.58. The van der Waals surface area contributed by atoms with Crippen molar-refractivity contribution in [2.75, 3.05) is 12.8 Å². The molecule has 0 atom stereocenters. The quantitative estimate of drug-likeness (QED) is 0.790. The molecular weight excluding hydrogens is 206 g/mol. The first-order valence-electron chi connectivity index (χ1n) is 3.74. The maximum atomic E-state index is 5.99. The summed E-state index contributed by atoms with van der Waals surface area (Å²) in [5.41, 5.74) is 5.69. The molecule has 1 heterocycles. The predicted octanol–water partition coefficient (Wildman–Crippen LogP) is 3.15. The zero-order chi connectivity index (χ0) is 9.42. The largest absolute Gasteiger partial charge is 0.495 e. The number of ether oxygens (including phenoxy) is 1. The van der Waals surface area contributed by atoms with Crippen LogP contribution in [0.1, 0.15) is 0 Å². The molecule has 0 spiro atoms. The third-order valence-corrected chi connectivity index (χ3v) is 3.14. The van der Waals surface area contributed by atoms with E-state index in [1.165, 1.54) is 11.3 Å². The van der Waals surface area contributed by atoms with Crippen molar-refractivity contribution in [3.05, 3.63) is 23.2 Å². The molecule has 0 saturated heterocycles. The summed E-state index contributed by atoms with van der Waals surface area (Å²) in [7, 11) is 1.64. The molecule has 0 radical (unpaired) electrons. The van der Waals surface area contributed by atoms with Crippen LogP contribution in [0.3, 0.4) is 0 Å². The highest BCUT2D eigenvalue weighted by atomic mass is 35.5. The molecule has 68 valence electrons. The van der Waals surface area contributed by atoms with Gasteiger partial charge < -0.3 is 10.5 Å². The van der Waals surface area contributed by atoms with Crippen molar-refractivity contribution in [3.8, 4) is 5.75 Å². The van der Waals surface area contributed by atoms with Crippen LogP contribution in [0.15, 0.2) is 18.2 Å². The summed E-state index contributed by atoms with van der Waals surface area (Å²) in [6.45, 7) is 0. The second-order valence-electron chi connectivity index (χ2n) is 2.64. The van der Waals surface area contributed by atoms with Crippen LogP contribution >= 0.6 is 22.9 Å². The minimum Gasteiger partial charge on any atom is -0.495 e. The number of hydrogen-bond acceptors (Lipinski definition) is 3. The maximum absolute atomic E-state index is 5.99. The Morgan fingerprint density at radius 1 is 1.46 bits per heavy atom. The highest BCUT2D eigenvalue weighted by molar-refractivity contribution is 7.23. The predicted molar refractivity (Wildman–Crippen MR) is 57.8 cm³/mol. The lowest BCUT2D eigenvalue weighted by atomic mass is 10.2. The van der Waals surface area contributed by atoms with E-state index in [4.69, 9.17) is 22.1 Å². The molecule has 2 aromatic rings. The number of anilines is 1. The Morgan fingerprint density at radius 2 is 2.23 bits per heavy atom. The summed E-state index contributed by atoms with van der Waals surface area (Å²) in [6, 6.07) is 5.53. The number of nitrogen functional groups attached to an aromatic ring is 1. The van der Waals surface area contributed by atoms with Gasteiger partial charge in [0.2, 0.25) is 0 Å². The number of benzene rings is 1. The van der Waals surface area contributed by atoms with E-state index in [1.807, 2.05) is 18.2 Å². The van der Waals surface area contributed by atoms with Gasteiger partial charge in [-0.05, 0) is 18.2 Å². The number of halogens is 1. The minimum absolute atomic E-state index is 0.712. The Bertz CT molecular complexity index is 452. The van der Waals surface area contributed by atoms with Crippen molar-refractivity contribution in [3.63, 3.8) is 0 Å². The van der Waals surface area contributed by atoms with Crippen LogP contribution in [-0.2, 0) is 0 Å². The molecule has 0 unspecified atom stereocenters. The molecule has 1 aromatic heterocycles. The van der Waals surface area contributed by atoms with Gasteiger partial charge in [0.15, 0.2) is 0 Å². The number of methoxy groups -OCH3 is 1. The first kappa shape index (κ1) is 8.66. The van der Waals surface area contributed by atoms with Crippen molar-refractivity contribution in [1.82, 2.24) is 0 Å². The van der Waals surface area contributed by atoms with E-state index in [0.29, 0.717) is 5.02 Å². The van der Waals surface area contributed by atoms with Crippen molar-refractivity contribution in [2.45, 2.75) is 0 Å². The summed E-state index contributed by atoms with van der Waals surface area (Å²) in [5.74, 6) is 0.820. The summed E-state index contributed by atoms with van der Waals surface area (Å²) in [4.78, 5) is 0. The Balaban J connectivity index is 2.83. The molecule has 0 bridgehead atoms. The topological polar surface area (TPSA) is 35.2 Å². The Hall–Kier alpha value is -0.930. The molecule has 0 saturated carbocycles. The monoisotopic (exact) mass is 213 g/mol. The molecule has 0 aliphatic rings. The first-order valence-corrected chi connectivity index (χ1v) is 4.93. The Kier molecular flexibility index (Phi) is 2.06. The van der Waals surface area contributed by atoms with Gasteiger partial charge in [-0.3, -0.25) is 0 Å². The molecule has 0 aliphatic heterocycles. The fourth-order valence-electron chi connectivity index (χ4n) is 1.25. The smallest absolute Gasteiger partial charge is 0.136 e. The molecule has 0 aliphatic carbocycles. The molecule has 2 N–H and O–H groups in total. The normalized spacial score (nSPS) is 10.6. The van der Waals surface area contributed by atoms with Crippen molar-refractivity contribution < 1.29 is 4.74 Å². The lowest BCUT2D eigenvalue weighted by Crippen LogP contribution is -1.81. The third-order valence-electron chi connectivity index (χ3n) is 1.83. The van der Waals surface area contributed by atoms with Crippen LogP contribution in [0.5, 0.6) is 5.75 Å². The zero-order valence-electron chi connectivity index (χ0n) is 7.00. The minimum atomic E-state index is 0.712. The number of hydrogen-bond donors (Lipinski definition) is 1. The standard InChI is InChI=1S/C9H8ClNOS/c1-12-7-3-2-6(10)5-4-8(11)13-9(5)7/h2-4H,11H2,1H3. The van der Waals surface area contributed by atoms with E-state index in [2.05, 4.69) is 0 Å². The van der Waals surface area contributed by atoms with Crippen LogP contribution in [0.25, 0.3) is 10.1 Å². The van der Waals surface area contributed by atoms with Crippen LogP contribution in [0.4, 0.5) is 5.00 Å².